The van der Waals surface area contributed by atoms with E-state index in [4.69, 9.17) is 5.11 Å². The van der Waals surface area contributed by atoms with Crippen LogP contribution in [0, 0.1) is 24.7 Å². The summed E-state index contributed by atoms with van der Waals surface area (Å²) in [6.07, 6.45) is 0.254. The van der Waals surface area contributed by atoms with Gasteiger partial charge in [-0.1, -0.05) is 24.8 Å². The summed E-state index contributed by atoms with van der Waals surface area (Å²) in [7, 11) is 0. The van der Waals surface area contributed by atoms with Gasteiger partial charge in [0.1, 0.15) is 6.61 Å². The zero-order valence-corrected chi connectivity index (χ0v) is 10.9. The molecule has 0 aliphatic carbocycles. The fourth-order valence-corrected chi connectivity index (χ4v) is 2.07. The lowest BCUT2D eigenvalue weighted by Gasteiger charge is -2.15. The molecule has 1 aliphatic rings. The van der Waals surface area contributed by atoms with E-state index < -0.39 is 0 Å². The monoisotopic (exact) mass is 257 g/mol. The Morgan fingerprint density at radius 1 is 1.42 bits per heavy atom. The van der Waals surface area contributed by atoms with Crippen molar-refractivity contribution in [3.8, 4) is 11.8 Å². The Bertz CT molecular complexity index is 595. The predicted octanol–water partition coefficient (Wildman–Crippen LogP) is 1.24. The molecule has 0 radical (unpaired) electrons. The van der Waals surface area contributed by atoms with Crippen LogP contribution in [0.3, 0.4) is 0 Å². The molecule has 1 aromatic rings. The summed E-state index contributed by atoms with van der Waals surface area (Å²) in [6.45, 7) is 3.42. The summed E-state index contributed by atoms with van der Waals surface area (Å²) < 4.78 is 0. The van der Waals surface area contributed by atoms with E-state index in [-0.39, 0.29) is 30.8 Å². The van der Waals surface area contributed by atoms with Crippen LogP contribution in [0.2, 0.25) is 0 Å². The summed E-state index contributed by atoms with van der Waals surface area (Å²) in [5.74, 6) is 4.78. The predicted molar refractivity (Wildman–Crippen MR) is 71.4 cm³/mol. The van der Waals surface area contributed by atoms with E-state index in [0.29, 0.717) is 11.3 Å². The zero-order valence-electron chi connectivity index (χ0n) is 10.9. The maximum Gasteiger partial charge on any atom is 0.237 e. The van der Waals surface area contributed by atoms with Gasteiger partial charge in [-0.25, -0.2) is 0 Å². The Labute approximate surface area is 112 Å². The number of carbonyl (C=O) groups is 2. The van der Waals surface area contributed by atoms with Crippen LogP contribution in [0.25, 0.3) is 0 Å². The molecule has 1 unspecified atom stereocenters. The molecule has 1 N–H and O–H groups in total. The average Bonchev–Trinajstić information content (AvgIpc) is 2.63. The lowest BCUT2D eigenvalue weighted by atomic mass is 10.1. The topological polar surface area (TPSA) is 57.6 Å². The number of aryl methyl sites for hydroxylation is 1. The van der Waals surface area contributed by atoms with Crippen molar-refractivity contribution in [3.63, 3.8) is 0 Å². The minimum atomic E-state index is -0.263. The molecule has 2 amide bonds. The molecule has 0 bridgehead atoms. The van der Waals surface area contributed by atoms with E-state index >= 15 is 0 Å². The van der Waals surface area contributed by atoms with E-state index in [1.165, 1.54) is 4.90 Å². The number of nitrogens with zero attached hydrogens (tertiary/aromatic N) is 1. The Hall–Kier alpha value is -2.12. The van der Waals surface area contributed by atoms with Crippen LogP contribution < -0.4 is 4.90 Å². The first-order chi connectivity index (χ1) is 9.04. The van der Waals surface area contributed by atoms with Gasteiger partial charge in [-0.2, -0.15) is 0 Å². The quantitative estimate of drug-likeness (QED) is 0.608. The number of carbonyl (C=O) groups excluding carboxylic acids is 2. The third-order valence-electron chi connectivity index (χ3n) is 3.15. The van der Waals surface area contributed by atoms with Gasteiger partial charge in [-0.05, 0) is 24.6 Å². The first-order valence-electron chi connectivity index (χ1n) is 6.11. The lowest BCUT2D eigenvalue weighted by Crippen LogP contribution is -2.30. The van der Waals surface area contributed by atoms with Crippen LogP contribution in [-0.2, 0) is 9.59 Å². The maximum atomic E-state index is 12.0. The molecular weight excluding hydrogens is 242 g/mol. The van der Waals surface area contributed by atoms with Crippen molar-refractivity contribution < 1.29 is 14.7 Å². The van der Waals surface area contributed by atoms with Crippen molar-refractivity contribution in [2.45, 2.75) is 20.3 Å². The Balaban J connectivity index is 2.41. The maximum absolute atomic E-state index is 12.0. The second-order valence-electron chi connectivity index (χ2n) is 4.63. The number of aliphatic hydroxyl groups excluding tert-OH is 1. The third kappa shape index (κ3) is 2.51. The van der Waals surface area contributed by atoms with Crippen LogP contribution in [0.15, 0.2) is 18.2 Å². The SMILES string of the molecule is Cc1ccc(N2C(=O)CC(C)C2=O)cc1C#CCO. The normalized spacial score (nSPS) is 18.5. The summed E-state index contributed by atoms with van der Waals surface area (Å²) in [6, 6.07) is 5.28. The summed E-state index contributed by atoms with van der Waals surface area (Å²) in [5, 5.41) is 8.73. The highest BCUT2D eigenvalue weighted by Crippen LogP contribution is 2.27. The minimum absolute atomic E-state index is 0.171. The van der Waals surface area contributed by atoms with Crippen LogP contribution in [0.1, 0.15) is 24.5 Å². The fraction of sp³-hybridized carbons (Fsp3) is 0.333. The third-order valence-corrected chi connectivity index (χ3v) is 3.15. The van der Waals surface area contributed by atoms with Crippen LogP contribution in [0.5, 0.6) is 0 Å². The number of imide groups is 1. The largest absolute Gasteiger partial charge is 0.384 e. The van der Waals surface area contributed by atoms with E-state index in [9.17, 15) is 9.59 Å². The van der Waals surface area contributed by atoms with E-state index in [1.54, 1.807) is 19.1 Å². The molecule has 2 rings (SSSR count). The van der Waals surface area contributed by atoms with E-state index in [1.807, 2.05) is 13.0 Å². The van der Waals surface area contributed by atoms with Gasteiger partial charge in [-0.3, -0.25) is 14.5 Å². The van der Waals surface area contributed by atoms with Crippen molar-refractivity contribution in [1.29, 1.82) is 0 Å². The highest BCUT2D eigenvalue weighted by molar-refractivity contribution is 6.20. The van der Waals surface area contributed by atoms with E-state index in [2.05, 4.69) is 11.8 Å². The average molecular weight is 257 g/mol. The summed E-state index contributed by atoms with van der Waals surface area (Å²) in [4.78, 5) is 25.0. The molecule has 1 aliphatic heterocycles. The van der Waals surface area contributed by atoms with Crippen LogP contribution >= 0.6 is 0 Å². The number of hydrogen-bond donors (Lipinski definition) is 1. The molecule has 0 aromatic heterocycles. The zero-order chi connectivity index (χ0) is 14.0. The van der Waals surface area contributed by atoms with Crippen molar-refractivity contribution in [1.82, 2.24) is 0 Å². The van der Waals surface area contributed by atoms with Crippen molar-refractivity contribution in [2.75, 3.05) is 11.5 Å². The molecule has 1 saturated heterocycles. The van der Waals surface area contributed by atoms with Gasteiger partial charge >= 0.3 is 0 Å². The fourth-order valence-electron chi connectivity index (χ4n) is 2.07. The number of benzene rings is 1. The highest BCUT2D eigenvalue weighted by atomic mass is 16.2. The Morgan fingerprint density at radius 3 is 2.74 bits per heavy atom. The van der Waals surface area contributed by atoms with Gasteiger partial charge in [0.25, 0.3) is 0 Å². The summed E-state index contributed by atoms with van der Waals surface area (Å²) >= 11 is 0. The molecule has 0 spiro atoms. The van der Waals surface area contributed by atoms with Gasteiger partial charge in [0.15, 0.2) is 0 Å². The first kappa shape index (κ1) is 13.3. The highest BCUT2D eigenvalue weighted by Gasteiger charge is 2.36. The van der Waals surface area contributed by atoms with Gasteiger partial charge in [0.05, 0.1) is 5.69 Å². The van der Waals surface area contributed by atoms with Crippen molar-refractivity contribution in [2.24, 2.45) is 5.92 Å². The second kappa shape index (κ2) is 5.25. The summed E-state index contributed by atoms with van der Waals surface area (Å²) in [5.41, 5.74) is 2.20. The first-order valence-corrected chi connectivity index (χ1v) is 6.11. The number of hydrogen-bond acceptors (Lipinski definition) is 3. The molecule has 0 saturated carbocycles. The molecule has 4 heteroatoms. The molecule has 1 atom stereocenters. The smallest absolute Gasteiger partial charge is 0.237 e. The molecule has 1 fully saturated rings. The van der Waals surface area contributed by atoms with Crippen molar-refractivity contribution in [3.05, 3.63) is 29.3 Å². The number of amides is 2. The number of anilines is 1. The standard InChI is InChI=1S/C15H15NO3/c1-10-5-6-13(9-12(10)4-3-7-17)16-14(18)8-11(2)15(16)19/h5-6,9,11,17H,7-8H2,1-2H3. The molecule has 1 aromatic carbocycles. The molecular formula is C15H15NO3. The van der Waals surface area contributed by atoms with Crippen molar-refractivity contribution >= 4 is 17.5 Å². The van der Waals surface area contributed by atoms with Gasteiger partial charge in [-0.15, -0.1) is 0 Å². The molecule has 4 nitrogen and oxygen atoms in total. The lowest BCUT2D eigenvalue weighted by molar-refractivity contribution is -0.122. The number of aliphatic hydroxyl groups is 1. The van der Waals surface area contributed by atoms with Gasteiger partial charge in [0.2, 0.25) is 11.8 Å². The van der Waals surface area contributed by atoms with E-state index in [0.717, 1.165) is 5.56 Å². The van der Waals surface area contributed by atoms with Gasteiger partial charge < -0.3 is 5.11 Å². The van der Waals surface area contributed by atoms with Gasteiger partial charge in [0, 0.05) is 17.9 Å². The molecule has 1 heterocycles. The second-order valence-corrected chi connectivity index (χ2v) is 4.63. The van der Waals surface area contributed by atoms with Crippen LogP contribution in [-0.4, -0.2) is 23.5 Å². The Kier molecular flexibility index (Phi) is 3.68. The number of rotatable bonds is 1. The minimum Gasteiger partial charge on any atom is -0.384 e. The molecule has 98 valence electrons. The van der Waals surface area contributed by atoms with Crippen LogP contribution in [0.4, 0.5) is 5.69 Å². The Morgan fingerprint density at radius 2 is 2.16 bits per heavy atom. The molecule has 19 heavy (non-hydrogen) atoms.